The van der Waals surface area contributed by atoms with Crippen LogP contribution in [-0.4, -0.2) is 11.8 Å². The molecule has 2 nitrogen and oxygen atoms in total. The molecule has 0 aliphatic heterocycles. The Labute approximate surface area is 94.8 Å². The van der Waals surface area contributed by atoms with Gasteiger partial charge in [-0.3, -0.25) is 4.79 Å². The van der Waals surface area contributed by atoms with E-state index in [-0.39, 0.29) is 0 Å². The Hall–Kier alpha value is -0.970. The maximum absolute atomic E-state index is 12.6. The molecule has 0 saturated heterocycles. The van der Waals surface area contributed by atoms with E-state index in [4.69, 9.17) is 0 Å². The molecule has 82 valence electrons. The fraction of sp³-hybridized carbons (Fsp3) is 0.300. The molecule has 0 unspecified atom stereocenters. The third-order valence-electron chi connectivity index (χ3n) is 1.84. The maximum Gasteiger partial charge on any atom is 0.322 e. The van der Waals surface area contributed by atoms with Crippen molar-refractivity contribution in [3.8, 4) is 0 Å². The number of alkyl halides is 2. The Morgan fingerprint density at radius 2 is 2.07 bits per heavy atom. The van der Waals surface area contributed by atoms with Crippen LogP contribution in [0, 0.1) is 6.92 Å². The highest BCUT2D eigenvalue weighted by Crippen LogP contribution is 2.22. The predicted octanol–water partition coefficient (Wildman–Crippen LogP) is 3.35. The van der Waals surface area contributed by atoms with Gasteiger partial charge in [0.2, 0.25) is 0 Å². The van der Waals surface area contributed by atoms with Crippen LogP contribution in [-0.2, 0) is 4.79 Å². The van der Waals surface area contributed by atoms with Crippen LogP contribution in [0.5, 0.6) is 0 Å². The number of aryl methyl sites for hydroxylation is 1. The van der Waals surface area contributed by atoms with Gasteiger partial charge in [0.25, 0.3) is 5.91 Å². The van der Waals surface area contributed by atoms with Crippen molar-refractivity contribution >= 4 is 27.5 Å². The van der Waals surface area contributed by atoms with E-state index in [9.17, 15) is 13.6 Å². The van der Waals surface area contributed by atoms with Crippen LogP contribution in [0.15, 0.2) is 22.7 Å². The highest BCUT2D eigenvalue weighted by atomic mass is 79.9. The molecule has 0 aliphatic rings. The van der Waals surface area contributed by atoms with E-state index in [0.717, 1.165) is 10.0 Å². The van der Waals surface area contributed by atoms with Gasteiger partial charge in [0, 0.05) is 17.1 Å². The summed E-state index contributed by atoms with van der Waals surface area (Å²) in [7, 11) is 0. The van der Waals surface area contributed by atoms with Crippen LogP contribution in [0.3, 0.4) is 0 Å². The number of hydrogen-bond donors (Lipinski definition) is 1. The van der Waals surface area contributed by atoms with Gasteiger partial charge in [-0.2, -0.15) is 8.78 Å². The Morgan fingerprint density at radius 1 is 1.47 bits per heavy atom. The minimum Gasteiger partial charge on any atom is -0.321 e. The molecule has 0 fully saturated rings. The minimum absolute atomic E-state index is 0.393. The lowest BCUT2D eigenvalue weighted by Crippen LogP contribution is -2.31. The lowest BCUT2D eigenvalue weighted by atomic mass is 10.2. The van der Waals surface area contributed by atoms with Crippen molar-refractivity contribution < 1.29 is 13.6 Å². The van der Waals surface area contributed by atoms with Crippen molar-refractivity contribution in [1.29, 1.82) is 0 Å². The molecule has 1 aromatic carbocycles. The molecule has 0 radical (unpaired) electrons. The van der Waals surface area contributed by atoms with E-state index in [1.807, 2.05) is 0 Å². The van der Waals surface area contributed by atoms with Crippen LogP contribution in [0.4, 0.5) is 14.5 Å². The molecule has 1 aromatic rings. The molecule has 1 amide bonds. The highest BCUT2D eigenvalue weighted by molar-refractivity contribution is 9.10. The number of amides is 1. The van der Waals surface area contributed by atoms with Crippen LogP contribution in [0.1, 0.15) is 12.5 Å². The van der Waals surface area contributed by atoms with Crippen molar-refractivity contribution in [1.82, 2.24) is 0 Å². The van der Waals surface area contributed by atoms with Crippen LogP contribution < -0.4 is 5.32 Å². The van der Waals surface area contributed by atoms with Crippen molar-refractivity contribution in [3.63, 3.8) is 0 Å². The SMILES string of the molecule is Cc1cc(Br)ccc1NC(=O)C(C)(F)F. The molecule has 0 bridgehead atoms. The molecular formula is C10H10BrF2NO. The minimum atomic E-state index is -3.36. The summed E-state index contributed by atoms with van der Waals surface area (Å²) in [5, 5.41) is 2.17. The summed E-state index contributed by atoms with van der Waals surface area (Å²) in [6, 6.07) is 4.99. The zero-order chi connectivity index (χ0) is 11.6. The Kier molecular flexibility index (Phi) is 3.44. The molecule has 15 heavy (non-hydrogen) atoms. The van der Waals surface area contributed by atoms with E-state index < -0.39 is 11.8 Å². The Morgan fingerprint density at radius 3 is 2.53 bits per heavy atom. The largest absolute Gasteiger partial charge is 0.322 e. The van der Waals surface area contributed by atoms with Crippen LogP contribution in [0.2, 0.25) is 0 Å². The second-order valence-electron chi connectivity index (χ2n) is 3.30. The van der Waals surface area contributed by atoms with Crippen LogP contribution >= 0.6 is 15.9 Å². The summed E-state index contributed by atoms with van der Waals surface area (Å²) in [5.74, 6) is -4.66. The van der Waals surface area contributed by atoms with E-state index in [1.54, 1.807) is 25.1 Å². The summed E-state index contributed by atoms with van der Waals surface area (Å²) in [5.41, 5.74) is 1.12. The summed E-state index contributed by atoms with van der Waals surface area (Å²) < 4.78 is 26.0. The first-order chi connectivity index (χ1) is 6.80. The summed E-state index contributed by atoms with van der Waals surface area (Å²) in [4.78, 5) is 11.0. The number of benzene rings is 1. The molecule has 0 aliphatic carbocycles. The van der Waals surface area contributed by atoms with Crippen LogP contribution in [0.25, 0.3) is 0 Å². The number of carbonyl (C=O) groups is 1. The van der Waals surface area contributed by atoms with E-state index in [2.05, 4.69) is 21.2 Å². The number of hydrogen-bond acceptors (Lipinski definition) is 1. The van der Waals surface area contributed by atoms with Gasteiger partial charge >= 0.3 is 5.92 Å². The Balaban J connectivity index is 2.87. The van der Waals surface area contributed by atoms with E-state index >= 15 is 0 Å². The quantitative estimate of drug-likeness (QED) is 0.883. The predicted molar refractivity (Wildman–Crippen MR) is 58.1 cm³/mol. The maximum atomic E-state index is 12.6. The first kappa shape index (κ1) is 12.1. The zero-order valence-electron chi connectivity index (χ0n) is 8.27. The second-order valence-corrected chi connectivity index (χ2v) is 4.22. The van der Waals surface area contributed by atoms with Crippen molar-refractivity contribution in [2.75, 3.05) is 5.32 Å². The highest BCUT2D eigenvalue weighted by Gasteiger charge is 2.32. The molecule has 0 spiro atoms. The molecule has 0 heterocycles. The third-order valence-corrected chi connectivity index (χ3v) is 2.33. The van der Waals surface area contributed by atoms with Crippen molar-refractivity contribution in [3.05, 3.63) is 28.2 Å². The number of anilines is 1. The molecule has 5 heteroatoms. The molecule has 1 rings (SSSR count). The summed E-state index contributed by atoms with van der Waals surface area (Å²) in [6.07, 6.45) is 0. The fourth-order valence-corrected chi connectivity index (χ4v) is 1.47. The van der Waals surface area contributed by atoms with E-state index in [1.165, 1.54) is 0 Å². The molecule has 0 atom stereocenters. The smallest absolute Gasteiger partial charge is 0.321 e. The first-order valence-electron chi connectivity index (χ1n) is 4.26. The average molecular weight is 278 g/mol. The number of halogens is 3. The normalized spacial score (nSPS) is 11.3. The standard InChI is InChI=1S/C10H10BrF2NO/c1-6-5-7(11)3-4-8(6)14-9(15)10(2,12)13/h3-5H,1-2H3,(H,14,15). The topological polar surface area (TPSA) is 29.1 Å². The van der Waals surface area contributed by atoms with Gasteiger partial charge in [-0.05, 0) is 30.7 Å². The number of rotatable bonds is 2. The fourth-order valence-electron chi connectivity index (χ4n) is 0.999. The zero-order valence-corrected chi connectivity index (χ0v) is 9.86. The molecule has 0 saturated carbocycles. The van der Waals surface area contributed by atoms with Gasteiger partial charge in [0.1, 0.15) is 0 Å². The lowest BCUT2D eigenvalue weighted by Gasteiger charge is -2.12. The van der Waals surface area contributed by atoms with Crippen molar-refractivity contribution in [2.45, 2.75) is 19.8 Å². The van der Waals surface area contributed by atoms with E-state index in [0.29, 0.717) is 12.6 Å². The number of nitrogens with one attached hydrogen (secondary N) is 1. The molecule has 0 aromatic heterocycles. The summed E-state index contributed by atoms with van der Waals surface area (Å²) >= 11 is 3.24. The first-order valence-corrected chi connectivity index (χ1v) is 5.05. The van der Waals surface area contributed by atoms with Gasteiger partial charge in [0.15, 0.2) is 0 Å². The molecular weight excluding hydrogens is 268 g/mol. The number of carbonyl (C=O) groups excluding carboxylic acids is 1. The van der Waals surface area contributed by atoms with Crippen molar-refractivity contribution in [2.24, 2.45) is 0 Å². The summed E-state index contributed by atoms with van der Waals surface area (Å²) in [6.45, 7) is 2.30. The molecule has 1 N–H and O–H groups in total. The monoisotopic (exact) mass is 277 g/mol. The van der Waals surface area contributed by atoms with Gasteiger partial charge in [0.05, 0.1) is 0 Å². The lowest BCUT2D eigenvalue weighted by molar-refractivity contribution is -0.137. The average Bonchev–Trinajstić information content (AvgIpc) is 2.08. The van der Waals surface area contributed by atoms with Gasteiger partial charge in [-0.25, -0.2) is 0 Å². The third kappa shape index (κ3) is 3.27. The Bertz CT molecular complexity index is 387. The van der Waals surface area contributed by atoms with Gasteiger partial charge in [-0.1, -0.05) is 15.9 Å². The van der Waals surface area contributed by atoms with Gasteiger partial charge in [-0.15, -0.1) is 0 Å². The second kappa shape index (κ2) is 4.26. The van der Waals surface area contributed by atoms with Gasteiger partial charge < -0.3 is 5.32 Å².